The van der Waals surface area contributed by atoms with Crippen LogP contribution in [0.4, 0.5) is 17.5 Å². The number of methoxy groups -OCH3 is 3. The SMILES string of the molecule is COc1cc(Nc2cnnc(N3CCC(C)CC3)n2)cc(OC)c1OC. The fraction of sp³-hybridized carbons (Fsp3) is 0.500. The Morgan fingerprint density at radius 1 is 1.04 bits per heavy atom. The van der Waals surface area contributed by atoms with Gasteiger partial charge in [0.15, 0.2) is 17.3 Å². The fourth-order valence-electron chi connectivity index (χ4n) is 3.00. The Kier molecular flexibility index (Phi) is 5.60. The molecule has 0 radical (unpaired) electrons. The maximum atomic E-state index is 5.38. The number of ether oxygens (including phenoxy) is 3. The number of hydrogen-bond acceptors (Lipinski definition) is 8. The summed E-state index contributed by atoms with van der Waals surface area (Å²) < 4.78 is 16.1. The maximum Gasteiger partial charge on any atom is 0.247 e. The summed E-state index contributed by atoms with van der Waals surface area (Å²) in [6, 6.07) is 3.65. The Balaban J connectivity index is 1.82. The molecule has 1 aromatic heterocycles. The minimum atomic E-state index is 0.546. The largest absolute Gasteiger partial charge is 0.493 e. The maximum absolute atomic E-state index is 5.38. The summed E-state index contributed by atoms with van der Waals surface area (Å²) in [4.78, 5) is 6.77. The van der Waals surface area contributed by atoms with E-state index in [0.717, 1.165) is 37.5 Å². The molecule has 2 heterocycles. The first-order valence-electron chi connectivity index (χ1n) is 8.66. The molecule has 0 aliphatic carbocycles. The van der Waals surface area contributed by atoms with Crippen LogP contribution in [0.5, 0.6) is 17.2 Å². The van der Waals surface area contributed by atoms with E-state index in [9.17, 15) is 0 Å². The normalized spacial score (nSPS) is 14.8. The first-order chi connectivity index (χ1) is 12.6. The van der Waals surface area contributed by atoms with Gasteiger partial charge in [0, 0.05) is 30.9 Å². The average Bonchev–Trinajstić information content (AvgIpc) is 2.68. The third-order valence-corrected chi connectivity index (χ3v) is 4.55. The lowest BCUT2D eigenvalue weighted by atomic mass is 10.00. The highest BCUT2D eigenvalue weighted by Crippen LogP contribution is 2.40. The molecule has 2 aromatic rings. The first kappa shape index (κ1) is 18.0. The van der Waals surface area contributed by atoms with Crippen LogP contribution in [0.3, 0.4) is 0 Å². The van der Waals surface area contributed by atoms with Crippen molar-refractivity contribution in [3.63, 3.8) is 0 Å². The van der Waals surface area contributed by atoms with Crippen molar-refractivity contribution in [3.05, 3.63) is 18.3 Å². The molecule has 0 bridgehead atoms. The third kappa shape index (κ3) is 3.89. The van der Waals surface area contributed by atoms with E-state index in [0.29, 0.717) is 29.0 Å². The number of hydrogen-bond donors (Lipinski definition) is 1. The van der Waals surface area contributed by atoms with Crippen molar-refractivity contribution in [1.29, 1.82) is 0 Å². The number of rotatable bonds is 6. The average molecular weight is 359 g/mol. The van der Waals surface area contributed by atoms with Gasteiger partial charge in [-0.15, -0.1) is 5.10 Å². The zero-order valence-electron chi connectivity index (χ0n) is 15.7. The molecular weight excluding hydrogens is 334 g/mol. The molecule has 8 nitrogen and oxygen atoms in total. The molecule has 0 unspecified atom stereocenters. The van der Waals surface area contributed by atoms with Gasteiger partial charge in [-0.05, 0) is 18.8 Å². The highest BCUT2D eigenvalue weighted by atomic mass is 16.5. The van der Waals surface area contributed by atoms with E-state index in [-0.39, 0.29) is 0 Å². The van der Waals surface area contributed by atoms with E-state index in [4.69, 9.17) is 14.2 Å². The Morgan fingerprint density at radius 2 is 1.69 bits per heavy atom. The van der Waals surface area contributed by atoms with Gasteiger partial charge in [0.2, 0.25) is 11.7 Å². The van der Waals surface area contributed by atoms with Gasteiger partial charge in [0.05, 0.1) is 27.5 Å². The number of nitrogens with zero attached hydrogens (tertiary/aromatic N) is 4. The molecule has 1 N–H and O–H groups in total. The van der Waals surface area contributed by atoms with Crippen molar-refractivity contribution >= 4 is 17.5 Å². The van der Waals surface area contributed by atoms with Crippen molar-refractivity contribution < 1.29 is 14.2 Å². The van der Waals surface area contributed by atoms with Crippen LogP contribution in [0.25, 0.3) is 0 Å². The summed E-state index contributed by atoms with van der Waals surface area (Å²) in [5.74, 6) is 3.70. The second-order valence-corrected chi connectivity index (χ2v) is 6.35. The van der Waals surface area contributed by atoms with Crippen LogP contribution in [0.1, 0.15) is 19.8 Å². The van der Waals surface area contributed by atoms with Gasteiger partial charge in [0.25, 0.3) is 0 Å². The van der Waals surface area contributed by atoms with Crippen LogP contribution in [0, 0.1) is 5.92 Å². The summed E-state index contributed by atoms with van der Waals surface area (Å²) in [5, 5.41) is 11.5. The van der Waals surface area contributed by atoms with Gasteiger partial charge < -0.3 is 24.4 Å². The molecule has 8 heteroatoms. The zero-order chi connectivity index (χ0) is 18.5. The van der Waals surface area contributed by atoms with E-state index in [2.05, 4.69) is 32.3 Å². The van der Waals surface area contributed by atoms with Gasteiger partial charge in [-0.3, -0.25) is 0 Å². The fourth-order valence-corrected chi connectivity index (χ4v) is 3.00. The van der Waals surface area contributed by atoms with Crippen molar-refractivity contribution in [2.45, 2.75) is 19.8 Å². The minimum Gasteiger partial charge on any atom is -0.493 e. The van der Waals surface area contributed by atoms with Gasteiger partial charge in [-0.2, -0.15) is 10.1 Å². The van der Waals surface area contributed by atoms with Gasteiger partial charge in [-0.25, -0.2) is 0 Å². The van der Waals surface area contributed by atoms with Gasteiger partial charge in [0.1, 0.15) is 0 Å². The van der Waals surface area contributed by atoms with Crippen LogP contribution in [-0.2, 0) is 0 Å². The lowest BCUT2D eigenvalue weighted by molar-refractivity contribution is 0.324. The van der Waals surface area contributed by atoms with Crippen molar-refractivity contribution in [3.8, 4) is 17.2 Å². The van der Waals surface area contributed by atoms with E-state index in [1.165, 1.54) is 0 Å². The third-order valence-electron chi connectivity index (χ3n) is 4.55. The molecule has 3 rings (SSSR count). The van der Waals surface area contributed by atoms with Crippen molar-refractivity contribution in [2.24, 2.45) is 5.92 Å². The number of benzene rings is 1. The Labute approximate surface area is 153 Å². The Bertz CT molecular complexity index is 722. The van der Waals surface area contributed by atoms with E-state index >= 15 is 0 Å². The second kappa shape index (κ2) is 8.07. The van der Waals surface area contributed by atoms with Crippen molar-refractivity contribution in [1.82, 2.24) is 15.2 Å². The van der Waals surface area contributed by atoms with E-state index < -0.39 is 0 Å². The molecule has 0 saturated carbocycles. The lowest BCUT2D eigenvalue weighted by Gasteiger charge is -2.29. The molecule has 26 heavy (non-hydrogen) atoms. The quantitative estimate of drug-likeness (QED) is 0.843. The Morgan fingerprint density at radius 3 is 2.27 bits per heavy atom. The van der Waals surface area contributed by atoms with Crippen LogP contribution in [0.15, 0.2) is 18.3 Å². The van der Waals surface area contributed by atoms with E-state index in [1.807, 2.05) is 12.1 Å². The van der Waals surface area contributed by atoms with Crippen LogP contribution in [-0.4, -0.2) is 49.6 Å². The molecule has 0 spiro atoms. The predicted molar refractivity (Wildman–Crippen MR) is 99.8 cm³/mol. The molecule has 0 amide bonds. The standard InChI is InChI=1S/C18H25N5O3/c1-12-5-7-23(8-6-12)18-21-16(11-19-22-18)20-13-9-14(24-2)17(26-4)15(10-13)25-3/h9-12H,5-8H2,1-4H3,(H,20,21,22). The smallest absolute Gasteiger partial charge is 0.247 e. The number of nitrogens with one attached hydrogen (secondary N) is 1. The molecule has 1 aliphatic rings. The molecule has 1 fully saturated rings. The highest BCUT2D eigenvalue weighted by Gasteiger charge is 2.19. The molecule has 1 saturated heterocycles. The topological polar surface area (TPSA) is 81.6 Å². The Hall–Kier alpha value is -2.77. The summed E-state index contributed by atoms with van der Waals surface area (Å²) in [6.45, 7) is 4.19. The number of aromatic nitrogens is 3. The van der Waals surface area contributed by atoms with Crippen molar-refractivity contribution in [2.75, 3.05) is 44.6 Å². The summed E-state index contributed by atoms with van der Waals surface area (Å²) in [7, 11) is 4.75. The molecule has 1 aliphatic heterocycles. The van der Waals surface area contributed by atoms with Gasteiger partial charge in [-0.1, -0.05) is 6.92 Å². The second-order valence-electron chi connectivity index (χ2n) is 6.35. The first-order valence-corrected chi connectivity index (χ1v) is 8.66. The predicted octanol–water partition coefficient (Wildman–Crippen LogP) is 2.88. The summed E-state index contributed by atoms with van der Waals surface area (Å²) in [5.41, 5.74) is 0.762. The number of anilines is 3. The molecular formula is C18H25N5O3. The van der Waals surface area contributed by atoms with Crippen LogP contribution < -0.4 is 24.4 Å². The number of piperidine rings is 1. The molecule has 0 atom stereocenters. The monoisotopic (exact) mass is 359 g/mol. The van der Waals surface area contributed by atoms with Crippen LogP contribution >= 0.6 is 0 Å². The van der Waals surface area contributed by atoms with Crippen LogP contribution in [0.2, 0.25) is 0 Å². The molecule has 1 aromatic carbocycles. The molecule has 140 valence electrons. The van der Waals surface area contributed by atoms with Gasteiger partial charge >= 0.3 is 0 Å². The zero-order valence-corrected chi connectivity index (χ0v) is 15.7. The van der Waals surface area contributed by atoms with E-state index in [1.54, 1.807) is 27.5 Å². The summed E-state index contributed by atoms with van der Waals surface area (Å²) in [6.07, 6.45) is 3.89. The highest BCUT2D eigenvalue weighted by molar-refractivity contribution is 5.66. The summed E-state index contributed by atoms with van der Waals surface area (Å²) >= 11 is 0. The minimum absolute atomic E-state index is 0.546. The lowest BCUT2D eigenvalue weighted by Crippen LogP contribution is -2.34.